The molecular formula is C37H21N3O2. The van der Waals surface area contributed by atoms with Crippen LogP contribution in [0.5, 0.6) is 0 Å². The molecule has 0 aliphatic carbocycles. The van der Waals surface area contributed by atoms with Crippen LogP contribution in [0.3, 0.4) is 0 Å². The van der Waals surface area contributed by atoms with Gasteiger partial charge in [-0.2, -0.15) is 0 Å². The number of rotatable bonds is 3. The second-order valence-electron chi connectivity index (χ2n) is 10.4. The van der Waals surface area contributed by atoms with Crippen molar-refractivity contribution in [3.63, 3.8) is 0 Å². The zero-order valence-corrected chi connectivity index (χ0v) is 22.3. The van der Waals surface area contributed by atoms with Crippen LogP contribution in [0.4, 0.5) is 0 Å². The fourth-order valence-corrected chi connectivity index (χ4v) is 6.02. The lowest BCUT2D eigenvalue weighted by atomic mass is 9.96. The number of nitrogens with zero attached hydrogens (tertiary/aromatic N) is 3. The lowest BCUT2D eigenvalue weighted by molar-refractivity contribution is 0.668. The van der Waals surface area contributed by atoms with Crippen molar-refractivity contribution in [3.8, 4) is 34.2 Å². The lowest BCUT2D eigenvalue weighted by Gasteiger charge is -2.11. The number of fused-ring (bicyclic) bond motifs is 9. The minimum absolute atomic E-state index is 0.596. The van der Waals surface area contributed by atoms with E-state index in [1.54, 1.807) is 0 Å². The first kappa shape index (κ1) is 22.9. The van der Waals surface area contributed by atoms with E-state index in [0.29, 0.717) is 17.5 Å². The fraction of sp³-hybridized carbons (Fsp3) is 0. The molecule has 6 aromatic carbocycles. The van der Waals surface area contributed by atoms with Gasteiger partial charge in [0, 0.05) is 43.6 Å². The van der Waals surface area contributed by atoms with Crippen molar-refractivity contribution >= 4 is 54.6 Å². The van der Waals surface area contributed by atoms with Crippen molar-refractivity contribution in [1.29, 1.82) is 0 Å². The highest BCUT2D eigenvalue weighted by Gasteiger charge is 2.22. The maximum Gasteiger partial charge on any atom is 0.164 e. The summed E-state index contributed by atoms with van der Waals surface area (Å²) in [7, 11) is 0. The second-order valence-corrected chi connectivity index (χ2v) is 10.4. The van der Waals surface area contributed by atoms with Gasteiger partial charge in [0.25, 0.3) is 0 Å². The molecule has 0 aliphatic heterocycles. The van der Waals surface area contributed by atoms with Crippen molar-refractivity contribution in [3.05, 3.63) is 127 Å². The van der Waals surface area contributed by atoms with Crippen molar-refractivity contribution in [2.45, 2.75) is 0 Å². The summed E-state index contributed by atoms with van der Waals surface area (Å²) in [4.78, 5) is 15.0. The number of hydrogen-bond donors (Lipinski definition) is 0. The molecule has 0 bridgehead atoms. The number of para-hydroxylation sites is 2. The second kappa shape index (κ2) is 8.85. The van der Waals surface area contributed by atoms with Gasteiger partial charge in [-0.05, 0) is 29.7 Å². The van der Waals surface area contributed by atoms with Crippen LogP contribution in [0.2, 0.25) is 0 Å². The standard InChI is InChI=1S/C37H21N3O2/c1-3-11-22(12-4-1)35-38-36(23-13-5-2-6-14-23)40-37(39-35)27-21-24-19-20-30-33(26-16-8-9-17-28(26)41-30)31(24)34-32(27)25-15-7-10-18-29(25)42-34/h1-21H. The molecule has 9 rings (SSSR count). The summed E-state index contributed by atoms with van der Waals surface area (Å²) in [6.45, 7) is 0. The molecule has 196 valence electrons. The van der Waals surface area contributed by atoms with Crippen molar-refractivity contribution in [2.24, 2.45) is 0 Å². The normalized spacial score (nSPS) is 11.8. The van der Waals surface area contributed by atoms with Gasteiger partial charge in [-0.1, -0.05) is 103 Å². The van der Waals surface area contributed by atoms with Gasteiger partial charge in [0.2, 0.25) is 0 Å². The van der Waals surface area contributed by atoms with Gasteiger partial charge >= 0.3 is 0 Å². The third-order valence-electron chi connectivity index (χ3n) is 7.91. The maximum absolute atomic E-state index is 6.67. The Hall–Kier alpha value is -5.81. The molecule has 0 spiro atoms. The Labute approximate surface area is 239 Å². The van der Waals surface area contributed by atoms with E-state index in [2.05, 4.69) is 24.3 Å². The molecule has 3 heterocycles. The zero-order valence-electron chi connectivity index (χ0n) is 22.3. The van der Waals surface area contributed by atoms with Crippen LogP contribution < -0.4 is 0 Å². The summed E-state index contributed by atoms with van der Waals surface area (Å²) in [5, 5.41) is 6.14. The van der Waals surface area contributed by atoms with Crippen LogP contribution >= 0.6 is 0 Å². The Morgan fingerprint density at radius 1 is 0.405 bits per heavy atom. The summed E-state index contributed by atoms with van der Waals surface area (Å²) in [6.07, 6.45) is 0. The van der Waals surface area contributed by atoms with Crippen LogP contribution in [0.25, 0.3) is 88.8 Å². The van der Waals surface area contributed by atoms with E-state index in [-0.39, 0.29) is 0 Å². The summed E-state index contributed by atoms with van der Waals surface area (Å²) in [5.74, 6) is 1.84. The highest BCUT2D eigenvalue weighted by molar-refractivity contribution is 6.30. The molecule has 0 unspecified atom stereocenters. The lowest BCUT2D eigenvalue weighted by Crippen LogP contribution is -2.00. The fourth-order valence-electron chi connectivity index (χ4n) is 6.02. The monoisotopic (exact) mass is 539 g/mol. The molecule has 0 saturated heterocycles. The first-order chi connectivity index (χ1) is 20.8. The van der Waals surface area contributed by atoms with Gasteiger partial charge in [0.1, 0.15) is 22.3 Å². The van der Waals surface area contributed by atoms with E-state index in [0.717, 1.165) is 71.3 Å². The van der Waals surface area contributed by atoms with Crippen LogP contribution in [0.15, 0.2) is 136 Å². The largest absolute Gasteiger partial charge is 0.456 e. The minimum Gasteiger partial charge on any atom is -0.456 e. The highest BCUT2D eigenvalue weighted by Crippen LogP contribution is 2.45. The molecule has 5 heteroatoms. The molecule has 0 N–H and O–H groups in total. The SMILES string of the molecule is c1ccc(-c2nc(-c3ccccc3)nc(-c3cc4ccc5oc6ccccc6c5c4c4oc5ccccc5c34)n2)cc1. The van der Waals surface area contributed by atoms with E-state index in [9.17, 15) is 0 Å². The third kappa shape index (κ3) is 3.40. The van der Waals surface area contributed by atoms with E-state index >= 15 is 0 Å². The van der Waals surface area contributed by atoms with E-state index in [1.165, 1.54) is 0 Å². The quantitative estimate of drug-likeness (QED) is 0.224. The summed E-state index contributed by atoms with van der Waals surface area (Å²) in [6, 6.07) is 42.7. The number of benzene rings is 6. The van der Waals surface area contributed by atoms with Gasteiger partial charge in [0.15, 0.2) is 17.5 Å². The van der Waals surface area contributed by atoms with Crippen molar-refractivity contribution < 1.29 is 8.83 Å². The average Bonchev–Trinajstić information content (AvgIpc) is 3.64. The maximum atomic E-state index is 6.67. The smallest absolute Gasteiger partial charge is 0.164 e. The summed E-state index contributed by atoms with van der Waals surface area (Å²) in [5.41, 5.74) is 6.04. The predicted molar refractivity (Wildman–Crippen MR) is 168 cm³/mol. The van der Waals surface area contributed by atoms with Gasteiger partial charge in [-0.25, -0.2) is 15.0 Å². The van der Waals surface area contributed by atoms with E-state index in [1.807, 2.05) is 103 Å². The molecule has 0 saturated carbocycles. The number of furan rings is 2. The Bertz CT molecular complexity index is 2400. The first-order valence-electron chi connectivity index (χ1n) is 13.9. The Morgan fingerprint density at radius 2 is 0.952 bits per heavy atom. The molecule has 0 atom stereocenters. The van der Waals surface area contributed by atoms with Crippen molar-refractivity contribution in [1.82, 2.24) is 15.0 Å². The van der Waals surface area contributed by atoms with Gasteiger partial charge in [0.05, 0.1) is 0 Å². The topological polar surface area (TPSA) is 65.0 Å². The third-order valence-corrected chi connectivity index (χ3v) is 7.91. The Morgan fingerprint density at radius 3 is 1.62 bits per heavy atom. The zero-order chi connectivity index (χ0) is 27.6. The summed E-state index contributed by atoms with van der Waals surface area (Å²) < 4.78 is 12.9. The van der Waals surface area contributed by atoms with E-state index < -0.39 is 0 Å². The van der Waals surface area contributed by atoms with Crippen LogP contribution in [-0.4, -0.2) is 15.0 Å². The molecule has 9 aromatic rings. The van der Waals surface area contributed by atoms with Crippen molar-refractivity contribution in [2.75, 3.05) is 0 Å². The van der Waals surface area contributed by atoms with Gasteiger partial charge in [-0.3, -0.25) is 0 Å². The molecule has 0 radical (unpaired) electrons. The molecule has 5 nitrogen and oxygen atoms in total. The molecule has 0 aliphatic rings. The predicted octanol–water partition coefficient (Wildman–Crippen LogP) is 9.82. The van der Waals surface area contributed by atoms with Crippen LogP contribution in [0.1, 0.15) is 0 Å². The van der Waals surface area contributed by atoms with Gasteiger partial charge < -0.3 is 8.83 Å². The summed E-state index contributed by atoms with van der Waals surface area (Å²) >= 11 is 0. The molecule has 42 heavy (non-hydrogen) atoms. The number of aromatic nitrogens is 3. The van der Waals surface area contributed by atoms with Crippen LogP contribution in [-0.2, 0) is 0 Å². The van der Waals surface area contributed by atoms with E-state index in [4.69, 9.17) is 23.8 Å². The Kier molecular flexibility index (Phi) is 4.83. The van der Waals surface area contributed by atoms with Gasteiger partial charge in [-0.15, -0.1) is 0 Å². The molecule has 0 amide bonds. The molecular weight excluding hydrogens is 518 g/mol. The molecule has 3 aromatic heterocycles. The Balaban J connectivity index is 1.44. The first-order valence-corrected chi connectivity index (χ1v) is 13.9. The minimum atomic E-state index is 0.596. The average molecular weight is 540 g/mol. The molecule has 0 fully saturated rings. The number of hydrogen-bond acceptors (Lipinski definition) is 5. The highest BCUT2D eigenvalue weighted by atomic mass is 16.3. The van der Waals surface area contributed by atoms with Crippen LogP contribution in [0, 0.1) is 0 Å².